The van der Waals surface area contributed by atoms with E-state index in [-0.39, 0.29) is 6.79 Å². The molecule has 0 aliphatic heterocycles. The van der Waals surface area contributed by atoms with Crippen LogP contribution in [0, 0.1) is 0 Å². The molecule has 102 valence electrons. The van der Waals surface area contributed by atoms with Gasteiger partial charge in [0.2, 0.25) is 0 Å². The number of anilines is 1. The van der Waals surface area contributed by atoms with E-state index in [0.717, 1.165) is 16.1 Å². The molecule has 0 unspecified atom stereocenters. The van der Waals surface area contributed by atoms with Crippen LogP contribution in [0.2, 0.25) is 0 Å². The zero-order valence-corrected chi connectivity index (χ0v) is 11.8. The molecule has 3 aromatic rings. The Labute approximate surface area is 120 Å². The van der Waals surface area contributed by atoms with E-state index in [1.54, 1.807) is 18.4 Å². The highest BCUT2D eigenvalue weighted by Gasteiger charge is 2.08. The van der Waals surface area contributed by atoms with Crippen molar-refractivity contribution in [2.24, 2.45) is 0 Å². The molecule has 1 aromatic heterocycles. The first-order valence-electron chi connectivity index (χ1n) is 6.15. The van der Waals surface area contributed by atoms with Gasteiger partial charge in [0.25, 0.3) is 0 Å². The molecule has 0 saturated heterocycles. The summed E-state index contributed by atoms with van der Waals surface area (Å²) in [5, 5.41) is 0.955. The van der Waals surface area contributed by atoms with Crippen LogP contribution < -0.4 is 10.5 Å². The molecule has 20 heavy (non-hydrogen) atoms. The Kier molecular flexibility index (Phi) is 3.54. The zero-order valence-electron chi connectivity index (χ0n) is 11.0. The van der Waals surface area contributed by atoms with Gasteiger partial charge >= 0.3 is 0 Å². The number of methoxy groups -OCH3 is 1. The van der Waals surface area contributed by atoms with Crippen molar-refractivity contribution in [3.8, 4) is 16.3 Å². The summed E-state index contributed by atoms with van der Waals surface area (Å²) in [6, 6.07) is 13.8. The molecule has 0 radical (unpaired) electrons. The lowest BCUT2D eigenvalue weighted by molar-refractivity contribution is 0.0517. The van der Waals surface area contributed by atoms with Crippen LogP contribution in [0.4, 0.5) is 5.69 Å². The fraction of sp³-hybridized carbons (Fsp3) is 0.133. The van der Waals surface area contributed by atoms with E-state index >= 15 is 0 Å². The van der Waals surface area contributed by atoms with Gasteiger partial charge < -0.3 is 15.2 Å². The highest BCUT2D eigenvalue weighted by Crippen LogP contribution is 2.33. The number of hydrogen-bond acceptors (Lipinski definition) is 5. The number of aromatic nitrogens is 1. The van der Waals surface area contributed by atoms with Crippen LogP contribution in [0.15, 0.2) is 42.5 Å². The molecule has 4 nitrogen and oxygen atoms in total. The summed E-state index contributed by atoms with van der Waals surface area (Å²) < 4.78 is 11.4. The van der Waals surface area contributed by atoms with Gasteiger partial charge in [-0.2, -0.15) is 0 Å². The summed E-state index contributed by atoms with van der Waals surface area (Å²) in [6.45, 7) is 0.185. The van der Waals surface area contributed by atoms with Crippen LogP contribution in [0.3, 0.4) is 0 Å². The van der Waals surface area contributed by atoms with Gasteiger partial charge in [0, 0.05) is 12.7 Å². The standard InChI is InChI=1S/C15H14N2O2S/c1-18-9-19-13-7-6-10(8-11(13)16)15-17-12-4-2-3-5-14(12)20-15/h2-8H,9,16H2,1H3. The van der Waals surface area contributed by atoms with E-state index in [2.05, 4.69) is 11.1 Å². The van der Waals surface area contributed by atoms with Gasteiger partial charge in [-0.3, -0.25) is 0 Å². The van der Waals surface area contributed by atoms with Crippen LogP contribution in [-0.4, -0.2) is 18.9 Å². The van der Waals surface area contributed by atoms with Crippen LogP contribution in [0.25, 0.3) is 20.8 Å². The third-order valence-electron chi connectivity index (χ3n) is 2.88. The van der Waals surface area contributed by atoms with Crippen molar-refractivity contribution in [2.75, 3.05) is 19.6 Å². The number of nitrogens with zero attached hydrogens (tertiary/aromatic N) is 1. The largest absolute Gasteiger partial charge is 0.465 e. The van der Waals surface area contributed by atoms with Gasteiger partial charge in [0.05, 0.1) is 15.9 Å². The van der Waals surface area contributed by atoms with Gasteiger partial charge in [-0.25, -0.2) is 4.98 Å². The number of thiazole rings is 1. The third kappa shape index (κ3) is 2.45. The molecular formula is C15H14N2O2S. The fourth-order valence-corrected chi connectivity index (χ4v) is 2.89. The van der Waals surface area contributed by atoms with Crippen molar-refractivity contribution in [3.05, 3.63) is 42.5 Å². The van der Waals surface area contributed by atoms with E-state index in [9.17, 15) is 0 Å². The maximum atomic E-state index is 5.99. The topological polar surface area (TPSA) is 57.4 Å². The Balaban J connectivity index is 1.95. The summed E-state index contributed by atoms with van der Waals surface area (Å²) in [6.07, 6.45) is 0. The Morgan fingerprint density at radius 3 is 2.80 bits per heavy atom. The van der Waals surface area contributed by atoms with E-state index < -0.39 is 0 Å². The SMILES string of the molecule is COCOc1ccc(-c2nc3ccccc3s2)cc1N. The number of para-hydroxylation sites is 1. The highest BCUT2D eigenvalue weighted by molar-refractivity contribution is 7.21. The first-order valence-corrected chi connectivity index (χ1v) is 6.97. The quantitative estimate of drug-likeness (QED) is 0.589. The predicted molar refractivity (Wildman–Crippen MR) is 82.0 cm³/mol. The second kappa shape index (κ2) is 5.48. The second-order valence-corrected chi connectivity index (χ2v) is 5.32. The zero-order chi connectivity index (χ0) is 13.9. The number of fused-ring (bicyclic) bond motifs is 1. The molecule has 0 aliphatic rings. The maximum absolute atomic E-state index is 5.99. The van der Waals surface area contributed by atoms with Gasteiger partial charge in [-0.05, 0) is 30.3 Å². The van der Waals surface area contributed by atoms with E-state index in [1.165, 1.54) is 4.70 Å². The molecule has 5 heteroatoms. The second-order valence-electron chi connectivity index (χ2n) is 4.29. The van der Waals surface area contributed by atoms with Crippen LogP contribution in [0.1, 0.15) is 0 Å². The van der Waals surface area contributed by atoms with Crippen LogP contribution >= 0.6 is 11.3 Å². The molecule has 0 saturated carbocycles. The Hall–Kier alpha value is -2.11. The molecular weight excluding hydrogens is 272 g/mol. The Morgan fingerprint density at radius 2 is 2.05 bits per heavy atom. The van der Waals surface area contributed by atoms with Crippen LogP contribution in [-0.2, 0) is 4.74 Å². The lowest BCUT2D eigenvalue weighted by Gasteiger charge is -2.08. The Bertz CT molecular complexity index is 707. The first kappa shape index (κ1) is 12.9. The van der Waals surface area contributed by atoms with E-state index in [0.29, 0.717) is 11.4 Å². The van der Waals surface area contributed by atoms with Crippen molar-refractivity contribution in [1.29, 1.82) is 0 Å². The molecule has 0 spiro atoms. The van der Waals surface area contributed by atoms with Crippen molar-refractivity contribution >= 4 is 27.2 Å². The van der Waals surface area contributed by atoms with Gasteiger partial charge in [0.1, 0.15) is 10.8 Å². The average molecular weight is 286 g/mol. The van der Waals surface area contributed by atoms with E-state index in [4.69, 9.17) is 15.2 Å². The van der Waals surface area contributed by atoms with Crippen molar-refractivity contribution in [3.63, 3.8) is 0 Å². The highest BCUT2D eigenvalue weighted by atomic mass is 32.1. The fourth-order valence-electron chi connectivity index (χ4n) is 1.93. The Morgan fingerprint density at radius 1 is 1.20 bits per heavy atom. The van der Waals surface area contributed by atoms with Crippen molar-refractivity contribution < 1.29 is 9.47 Å². The van der Waals surface area contributed by atoms with Crippen molar-refractivity contribution in [2.45, 2.75) is 0 Å². The molecule has 3 rings (SSSR count). The van der Waals surface area contributed by atoms with Gasteiger partial charge in [0.15, 0.2) is 6.79 Å². The smallest absolute Gasteiger partial charge is 0.188 e. The molecule has 2 aromatic carbocycles. The molecule has 0 aliphatic carbocycles. The molecule has 1 heterocycles. The van der Waals surface area contributed by atoms with Crippen molar-refractivity contribution in [1.82, 2.24) is 4.98 Å². The normalized spacial score (nSPS) is 10.8. The number of ether oxygens (including phenoxy) is 2. The summed E-state index contributed by atoms with van der Waals surface area (Å²) in [5.41, 5.74) is 8.57. The number of benzene rings is 2. The van der Waals surface area contributed by atoms with Gasteiger partial charge in [-0.15, -0.1) is 11.3 Å². The van der Waals surface area contributed by atoms with Crippen LogP contribution in [0.5, 0.6) is 5.75 Å². The number of nitrogen functional groups attached to an aromatic ring is 1. The predicted octanol–water partition coefficient (Wildman–Crippen LogP) is 3.53. The first-order chi connectivity index (χ1) is 9.78. The van der Waals surface area contributed by atoms with Gasteiger partial charge in [-0.1, -0.05) is 12.1 Å². The maximum Gasteiger partial charge on any atom is 0.188 e. The summed E-state index contributed by atoms with van der Waals surface area (Å²) in [4.78, 5) is 4.61. The molecule has 0 bridgehead atoms. The average Bonchev–Trinajstić information content (AvgIpc) is 2.90. The summed E-state index contributed by atoms with van der Waals surface area (Å²) in [5.74, 6) is 0.622. The lowest BCUT2D eigenvalue weighted by Crippen LogP contribution is -2.01. The number of hydrogen-bond donors (Lipinski definition) is 1. The number of rotatable bonds is 4. The van der Waals surface area contributed by atoms with E-state index in [1.807, 2.05) is 36.4 Å². The summed E-state index contributed by atoms with van der Waals surface area (Å²) in [7, 11) is 1.58. The minimum absolute atomic E-state index is 0.185. The molecule has 2 N–H and O–H groups in total. The number of nitrogens with two attached hydrogens (primary N) is 1. The monoisotopic (exact) mass is 286 g/mol. The molecule has 0 atom stereocenters. The lowest BCUT2D eigenvalue weighted by atomic mass is 10.2. The minimum atomic E-state index is 0.185. The third-order valence-corrected chi connectivity index (χ3v) is 3.97. The molecule has 0 fully saturated rings. The minimum Gasteiger partial charge on any atom is -0.465 e. The summed E-state index contributed by atoms with van der Waals surface area (Å²) >= 11 is 1.65. The molecule has 0 amide bonds.